The van der Waals surface area contributed by atoms with Crippen LogP contribution in [-0.2, 0) is 0 Å². The number of hydrogen-bond acceptors (Lipinski definition) is 6. The smallest absolute Gasteiger partial charge is 0.255 e. The first-order valence-corrected chi connectivity index (χ1v) is 8.80. The Labute approximate surface area is 156 Å². The molecule has 0 spiro atoms. The van der Waals surface area contributed by atoms with Crippen LogP contribution in [0.15, 0.2) is 34.6 Å². The van der Waals surface area contributed by atoms with E-state index in [1.807, 2.05) is 18.2 Å². The molecule has 138 valence electrons. The zero-order chi connectivity index (χ0) is 18.7. The summed E-state index contributed by atoms with van der Waals surface area (Å²) in [4.78, 5) is 12.6. The van der Waals surface area contributed by atoms with E-state index in [0.29, 0.717) is 61.8 Å². The minimum Gasteiger partial charge on any atom is -0.486 e. The molecule has 0 bridgehead atoms. The molecule has 2 N–H and O–H groups in total. The van der Waals surface area contributed by atoms with Crippen LogP contribution in [0, 0.1) is 12.3 Å². The topological polar surface area (TPSA) is 101 Å². The van der Waals surface area contributed by atoms with Crippen molar-refractivity contribution in [2.45, 2.75) is 24.9 Å². The molecule has 4 rings (SSSR count). The molecule has 0 radical (unpaired) electrons. The van der Waals surface area contributed by atoms with Crippen molar-refractivity contribution < 1.29 is 14.3 Å². The first kappa shape index (κ1) is 17.1. The van der Waals surface area contributed by atoms with Gasteiger partial charge in [-0.25, -0.2) is 0 Å². The SMILES string of the molecule is C#CCCC1(CCNC(=O)c2cn[nH]c2-c2ccc3c(c2)OCCO3)N=N1. The summed E-state index contributed by atoms with van der Waals surface area (Å²) in [6.07, 6.45) is 8.78. The third kappa shape index (κ3) is 3.62. The summed E-state index contributed by atoms with van der Waals surface area (Å²) in [6.45, 7) is 1.50. The second-order valence-corrected chi connectivity index (χ2v) is 6.41. The van der Waals surface area contributed by atoms with Crippen LogP contribution in [0.4, 0.5) is 0 Å². The van der Waals surface area contributed by atoms with E-state index >= 15 is 0 Å². The third-order valence-corrected chi connectivity index (χ3v) is 4.58. The molecule has 27 heavy (non-hydrogen) atoms. The van der Waals surface area contributed by atoms with Gasteiger partial charge >= 0.3 is 0 Å². The molecule has 1 amide bonds. The highest BCUT2D eigenvalue weighted by Crippen LogP contribution is 2.36. The Kier molecular flexibility index (Phi) is 4.50. The fourth-order valence-corrected chi connectivity index (χ4v) is 3.02. The molecule has 0 aliphatic carbocycles. The molecule has 0 saturated carbocycles. The van der Waals surface area contributed by atoms with Crippen molar-refractivity contribution in [1.82, 2.24) is 15.5 Å². The average Bonchev–Trinajstić information content (AvgIpc) is 3.29. The Balaban J connectivity index is 1.41. The number of benzene rings is 1. The highest BCUT2D eigenvalue weighted by atomic mass is 16.6. The number of nitrogens with zero attached hydrogens (tertiary/aromatic N) is 3. The summed E-state index contributed by atoms with van der Waals surface area (Å²) < 4.78 is 11.1. The number of aromatic amines is 1. The Morgan fingerprint density at radius 3 is 2.85 bits per heavy atom. The first-order valence-electron chi connectivity index (χ1n) is 8.80. The number of amides is 1. The molecule has 8 nitrogen and oxygen atoms in total. The number of terminal acetylenes is 1. The maximum absolute atomic E-state index is 12.6. The lowest BCUT2D eigenvalue weighted by atomic mass is 10.0. The predicted molar refractivity (Wildman–Crippen MR) is 97.6 cm³/mol. The minimum atomic E-state index is -0.408. The number of ether oxygens (including phenoxy) is 2. The first-order chi connectivity index (χ1) is 13.2. The van der Waals surface area contributed by atoms with Crippen molar-refractivity contribution >= 4 is 5.91 Å². The zero-order valence-electron chi connectivity index (χ0n) is 14.7. The van der Waals surface area contributed by atoms with E-state index in [1.54, 1.807) is 0 Å². The number of H-pyrrole nitrogens is 1. The average molecular weight is 365 g/mol. The van der Waals surface area contributed by atoms with Gasteiger partial charge in [-0.1, -0.05) is 0 Å². The van der Waals surface area contributed by atoms with Gasteiger partial charge in [-0.05, 0) is 18.2 Å². The molecule has 2 aliphatic rings. The van der Waals surface area contributed by atoms with E-state index in [9.17, 15) is 4.79 Å². The van der Waals surface area contributed by atoms with E-state index in [4.69, 9.17) is 15.9 Å². The molecule has 0 saturated heterocycles. The Morgan fingerprint density at radius 1 is 1.26 bits per heavy atom. The van der Waals surface area contributed by atoms with Crippen LogP contribution in [0.25, 0.3) is 11.3 Å². The number of hydrogen-bond donors (Lipinski definition) is 2. The monoisotopic (exact) mass is 365 g/mol. The van der Waals surface area contributed by atoms with Crippen LogP contribution in [0.2, 0.25) is 0 Å². The van der Waals surface area contributed by atoms with E-state index in [2.05, 4.69) is 31.7 Å². The number of aromatic nitrogens is 2. The lowest BCUT2D eigenvalue weighted by Gasteiger charge is -2.18. The lowest BCUT2D eigenvalue weighted by Crippen LogP contribution is -2.28. The quantitative estimate of drug-likeness (QED) is 0.736. The van der Waals surface area contributed by atoms with Gasteiger partial charge < -0.3 is 14.8 Å². The molecule has 2 aromatic rings. The van der Waals surface area contributed by atoms with Gasteiger partial charge in [-0.15, -0.1) is 12.3 Å². The van der Waals surface area contributed by atoms with Crippen molar-refractivity contribution in [2.75, 3.05) is 19.8 Å². The van der Waals surface area contributed by atoms with Crippen molar-refractivity contribution in [3.05, 3.63) is 30.0 Å². The van der Waals surface area contributed by atoms with Gasteiger partial charge in [0.1, 0.15) is 13.2 Å². The van der Waals surface area contributed by atoms with Gasteiger partial charge in [0.25, 0.3) is 5.91 Å². The van der Waals surface area contributed by atoms with E-state index < -0.39 is 5.66 Å². The summed E-state index contributed by atoms with van der Waals surface area (Å²) in [5.74, 6) is 3.74. The van der Waals surface area contributed by atoms with Crippen LogP contribution in [0.1, 0.15) is 29.6 Å². The second-order valence-electron chi connectivity index (χ2n) is 6.41. The number of carbonyl (C=O) groups is 1. The second kappa shape index (κ2) is 7.11. The van der Waals surface area contributed by atoms with Crippen LogP contribution >= 0.6 is 0 Å². The normalized spacial score (nSPS) is 15.8. The molecular formula is C19H19N5O3. The molecule has 8 heteroatoms. The molecule has 3 heterocycles. The van der Waals surface area contributed by atoms with Gasteiger partial charge in [0.15, 0.2) is 17.2 Å². The van der Waals surface area contributed by atoms with Gasteiger partial charge in [0.2, 0.25) is 0 Å². The predicted octanol–water partition coefficient (Wildman–Crippen LogP) is 2.54. The van der Waals surface area contributed by atoms with Crippen molar-refractivity contribution in [1.29, 1.82) is 0 Å². The summed E-state index contributed by atoms with van der Waals surface area (Å²) in [5.41, 5.74) is 1.50. The fraction of sp³-hybridized carbons (Fsp3) is 0.368. The van der Waals surface area contributed by atoms with Crippen LogP contribution in [0.5, 0.6) is 11.5 Å². The standard InChI is InChI=1S/C19H19N5O3/c1-2-3-6-19(23-24-19)7-8-20-18(25)14-12-21-22-17(14)13-4-5-15-16(11-13)27-10-9-26-15/h1,4-5,11-12H,3,6-10H2,(H,20,25)(H,21,22). The van der Waals surface area contributed by atoms with Crippen molar-refractivity contribution in [2.24, 2.45) is 10.2 Å². The summed E-state index contributed by atoms with van der Waals surface area (Å²) in [5, 5.41) is 18.0. The largest absolute Gasteiger partial charge is 0.486 e. The number of carbonyl (C=O) groups excluding carboxylic acids is 1. The Hall–Kier alpha value is -3.34. The maximum atomic E-state index is 12.6. The fourth-order valence-electron chi connectivity index (χ4n) is 3.02. The van der Waals surface area contributed by atoms with Crippen LogP contribution in [0.3, 0.4) is 0 Å². The van der Waals surface area contributed by atoms with Gasteiger partial charge in [-0.3, -0.25) is 9.89 Å². The molecule has 2 aliphatic heterocycles. The van der Waals surface area contributed by atoms with E-state index in [0.717, 1.165) is 5.56 Å². The van der Waals surface area contributed by atoms with Crippen molar-refractivity contribution in [3.8, 4) is 35.1 Å². The van der Waals surface area contributed by atoms with Crippen LogP contribution < -0.4 is 14.8 Å². The lowest BCUT2D eigenvalue weighted by molar-refractivity contribution is 0.0952. The van der Waals surface area contributed by atoms with Crippen molar-refractivity contribution in [3.63, 3.8) is 0 Å². The zero-order valence-corrected chi connectivity index (χ0v) is 14.7. The molecule has 0 fully saturated rings. The number of fused-ring (bicyclic) bond motifs is 1. The summed E-state index contributed by atoms with van der Waals surface area (Å²) in [6, 6.07) is 5.54. The number of nitrogens with one attached hydrogen (secondary N) is 2. The number of rotatable bonds is 7. The molecular weight excluding hydrogens is 346 g/mol. The molecule has 1 aromatic carbocycles. The molecule has 0 atom stereocenters. The highest BCUT2D eigenvalue weighted by Gasteiger charge is 2.38. The molecule has 0 unspecified atom stereocenters. The van der Waals surface area contributed by atoms with Gasteiger partial charge in [0, 0.05) is 31.4 Å². The van der Waals surface area contributed by atoms with E-state index in [1.165, 1.54) is 6.20 Å². The third-order valence-electron chi connectivity index (χ3n) is 4.58. The van der Waals surface area contributed by atoms with Crippen LogP contribution in [-0.4, -0.2) is 41.5 Å². The maximum Gasteiger partial charge on any atom is 0.255 e. The Morgan fingerprint density at radius 2 is 2.07 bits per heavy atom. The Bertz CT molecular complexity index is 922. The minimum absolute atomic E-state index is 0.207. The van der Waals surface area contributed by atoms with E-state index in [-0.39, 0.29) is 5.91 Å². The molecule has 1 aromatic heterocycles. The van der Waals surface area contributed by atoms with Gasteiger partial charge in [0.05, 0.1) is 17.5 Å². The van der Waals surface area contributed by atoms with Gasteiger partial charge in [-0.2, -0.15) is 15.3 Å². The summed E-state index contributed by atoms with van der Waals surface area (Å²) in [7, 11) is 0. The summed E-state index contributed by atoms with van der Waals surface area (Å²) >= 11 is 0. The highest BCUT2D eigenvalue weighted by molar-refractivity contribution is 5.99.